The van der Waals surface area contributed by atoms with Crippen LogP contribution in [0.5, 0.6) is 11.5 Å². The van der Waals surface area contributed by atoms with Crippen LogP contribution >= 0.6 is 0 Å². The maximum atomic E-state index is 14.7. The van der Waals surface area contributed by atoms with Gasteiger partial charge in [-0.1, -0.05) is 12.1 Å². The molecular weight excluding hydrogens is 857 g/mol. The van der Waals surface area contributed by atoms with Crippen molar-refractivity contribution in [2.45, 2.75) is 70.6 Å². The molecule has 0 aliphatic carbocycles. The Kier molecular flexibility index (Phi) is 16.8. The fourth-order valence-corrected chi connectivity index (χ4v) is 8.33. The molecule has 4 bridgehead atoms. The maximum absolute atomic E-state index is 14.7. The highest BCUT2D eigenvalue weighted by molar-refractivity contribution is 6.00. The molecule has 4 atom stereocenters. The quantitative estimate of drug-likeness (QED) is 0.0786. The van der Waals surface area contributed by atoms with E-state index in [-0.39, 0.29) is 57.8 Å². The second kappa shape index (κ2) is 22.9. The first-order valence-corrected chi connectivity index (χ1v) is 22.4. The van der Waals surface area contributed by atoms with Crippen LogP contribution in [0.15, 0.2) is 60.7 Å². The summed E-state index contributed by atoms with van der Waals surface area (Å²) in [6, 6.07) is 15.1. The second-order valence-electron chi connectivity index (χ2n) is 16.5. The van der Waals surface area contributed by atoms with Gasteiger partial charge in [0.05, 0.1) is 23.0 Å². The number of ether oxygens (including phenoxy) is 2. The number of carbonyl (C=O) groups excluding carboxylic acids is 5. The molecule has 6 rings (SSSR count). The van der Waals surface area contributed by atoms with Gasteiger partial charge in [0.25, 0.3) is 5.91 Å². The van der Waals surface area contributed by atoms with Crippen LogP contribution < -0.4 is 52.8 Å². The Bertz CT molecular complexity index is 2470. The summed E-state index contributed by atoms with van der Waals surface area (Å²) in [7, 11) is 1.42. The molecule has 1 saturated heterocycles. The summed E-state index contributed by atoms with van der Waals surface area (Å²) in [5.41, 5.74) is 22.5. The number of aromatic nitrogens is 2. The standard InChI is InChI=1S/C48H60N12O7/c1-28-41(29(2)55-43(54-28)32-8-11-34(12-9-32)60-21-5-6-22-60)46(63)57-37(15-16-49)48(65)59(4)42-33-10-14-40(67-24-19-52)36(27-33)35-25-31(7-13-39(35)66-23-18-51)26-38(45(62)53-20-17-50)58-44(61)30(3)56-47(42)64/h7-14,25,27,30,37-38,42H,5-6,15-16,18-24,26,49,51-52H2,1-4H3,(H,53,62)(H,56,64)(H,57,63)(H,58,61)/t30-,37-,38-,42-/m0/s1. The topological polar surface area (TPSA) is 286 Å². The van der Waals surface area contributed by atoms with E-state index >= 15 is 0 Å². The third-order valence-electron chi connectivity index (χ3n) is 11.7. The molecule has 2 aliphatic heterocycles. The highest BCUT2D eigenvalue weighted by Gasteiger charge is 2.36. The predicted molar refractivity (Wildman–Crippen MR) is 252 cm³/mol. The van der Waals surface area contributed by atoms with Gasteiger partial charge in [0.1, 0.15) is 55.4 Å². The Morgan fingerprint density at radius 3 is 2.12 bits per heavy atom. The number of aryl methyl sites for hydroxylation is 2. The van der Waals surface area contributed by atoms with Gasteiger partial charge in [0.15, 0.2) is 5.82 Å². The normalized spacial score (nSPS) is 17.5. The Balaban J connectivity index is 1.37. The molecule has 0 radical (unpaired) electrons. The lowest BCUT2D eigenvalue weighted by Gasteiger charge is -2.32. The number of hydrogen-bond donors (Lipinski definition) is 7. The minimum absolute atomic E-state index is 0.00176. The fourth-order valence-electron chi connectivity index (χ4n) is 8.33. The lowest BCUT2D eigenvalue weighted by molar-refractivity contribution is -0.141. The van der Waals surface area contributed by atoms with Gasteiger partial charge in [0, 0.05) is 62.0 Å². The molecular formula is C48H60N12O7. The molecule has 2 aliphatic rings. The number of nitrogens with zero attached hydrogens (tertiary/aromatic N) is 5. The third-order valence-corrected chi connectivity index (χ3v) is 11.7. The lowest BCUT2D eigenvalue weighted by atomic mass is 9.93. The number of likely N-dealkylation sites (N-methyl/N-ethyl adjacent to an activating group) is 1. The van der Waals surface area contributed by atoms with E-state index in [1.165, 1.54) is 18.9 Å². The van der Waals surface area contributed by atoms with Crippen molar-refractivity contribution in [1.29, 1.82) is 5.26 Å². The van der Waals surface area contributed by atoms with Crippen molar-refractivity contribution in [2.75, 3.05) is 64.4 Å². The molecule has 5 amide bonds. The third kappa shape index (κ3) is 11.8. The summed E-state index contributed by atoms with van der Waals surface area (Å²) in [4.78, 5) is 83.5. The van der Waals surface area contributed by atoms with E-state index in [4.69, 9.17) is 26.7 Å². The average Bonchev–Trinajstić information content (AvgIpc) is 3.87. The maximum Gasteiger partial charge on any atom is 0.255 e. The zero-order valence-electron chi connectivity index (χ0n) is 38.4. The second-order valence-corrected chi connectivity index (χ2v) is 16.5. The zero-order valence-corrected chi connectivity index (χ0v) is 38.4. The van der Waals surface area contributed by atoms with Crippen LogP contribution in [0.1, 0.15) is 65.1 Å². The minimum atomic E-state index is -1.40. The molecule has 0 spiro atoms. The number of fused-ring (bicyclic) bond motifs is 5. The summed E-state index contributed by atoms with van der Waals surface area (Å²) in [6.07, 6.45) is 2.33. The molecule has 0 saturated carbocycles. The van der Waals surface area contributed by atoms with Gasteiger partial charge >= 0.3 is 0 Å². The first-order chi connectivity index (χ1) is 32.3. The molecule has 354 valence electrons. The molecule has 19 heteroatoms. The molecule has 3 heterocycles. The number of nitrogens with two attached hydrogens (primary N) is 3. The van der Waals surface area contributed by atoms with E-state index in [1.807, 2.05) is 30.3 Å². The van der Waals surface area contributed by atoms with Crippen molar-refractivity contribution < 1.29 is 33.4 Å². The molecule has 19 nitrogen and oxygen atoms in total. The first-order valence-electron chi connectivity index (χ1n) is 22.4. The summed E-state index contributed by atoms with van der Waals surface area (Å²) in [5.74, 6) is -2.10. The van der Waals surface area contributed by atoms with E-state index in [9.17, 15) is 29.2 Å². The van der Waals surface area contributed by atoms with Gasteiger partial charge in [-0.15, -0.1) is 0 Å². The summed E-state index contributed by atoms with van der Waals surface area (Å²) >= 11 is 0. The molecule has 1 aromatic heterocycles. The van der Waals surface area contributed by atoms with E-state index in [2.05, 4.69) is 36.1 Å². The van der Waals surface area contributed by atoms with Crippen molar-refractivity contribution in [3.05, 3.63) is 88.7 Å². The van der Waals surface area contributed by atoms with Crippen LogP contribution in [0.4, 0.5) is 5.69 Å². The number of nitrogens with one attached hydrogen (secondary N) is 4. The smallest absolute Gasteiger partial charge is 0.255 e. The number of hydrogen-bond acceptors (Lipinski definition) is 14. The number of amides is 5. The molecule has 67 heavy (non-hydrogen) atoms. The van der Waals surface area contributed by atoms with Gasteiger partial charge in [-0.25, -0.2) is 9.97 Å². The molecule has 3 aromatic carbocycles. The molecule has 0 unspecified atom stereocenters. The van der Waals surface area contributed by atoms with Gasteiger partial charge in [-0.3, -0.25) is 24.0 Å². The van der Waals surface area contributed by atoms with E-state index in [0.717, 1.165) is 37.2 Å². The van der Waals surface area contributed by atoms with E-state index < -0.39 is 53.7 Å². The van der Waals surface area contributed by atoms with Crippen molar-refractivity contribution >= 4 is 35.2 Å². The lowest BCUT2D eigenvalue weighted by Crippen LogP contribution is -2.56. The van der Waals surface area contributed by atoms with Crippen LogP contribution in [0.2, 0.25) is 0 Å². The van der Waals surface area contributed by atoms with E-state index in [1.54, 1.807) is 50.2 Å². The van der Waals surface area contributed by atoms with Crippen LogP contribution in [0, 0.1) is 25.2 Å². The zero-order chi connectivity index (χ0) is 48.2. The Hall–Kier alpha value is -7.14. The largest absolute Gasteiger partial charge is 0.492 e. The molecule has 1 fully saturated rings. The Labute approximate surface area is 390 Å². The van der Waals surface area contributed by atoms with Crippen molar-refractivity contribution in [3.63, 3.8) is 0 Å². The van der Waals surface area contributed by atoms with Crippen LogP contribution in [-0.4, -0.2) is 122 Å². The van der Waals surface area contributed by atoms with Gasteiger partial charge in [-0.05, 0) is 106 Å². The number of carbonyl (C=O) groups is 5. The number of anilines is 1. The summed E-state index contributed by atoms with van der Waals surface area (Å²) in [5, 5.41) is 20.0. The summed E-state index contributed by atoms with van der Waals surface area (Å²) < 4.78 is 12.2. The van der Waals surface area contributed by atoms with Crippen molar-refractivity contribution in [2.24, 2.45) is 17.2 Å². The SMILES string of the molecule is Cc1nc(-c2ccc(N3CCCC3)cc2)nc(C)c1C(=O)N[C@@H](CCN)C(=O)N(C)[C@@H]1C(=O)N[C@@H](C)C(=O)N[C@H](C(=O)NCC#N)Cc2ccc(OCCN)c(c2)-c2cc1ccc2OCCN. The first kappa shape index (κ1) is 49.3. The van der Waals surface area contributed by atoms with Crippen LogP contribution in [-0.2, 0) is 25.6 Å². The minimum Gasteiger partial charge on any atom is -0.492 e. The van der Waals surface area contributed by atoms with Crippen LogP contribution in [0.25, 0.3) is 22.5 Å². The van der Waals surface area contributed by atoms with Gasteiger partial charge < -0.3 is 57.7 Å². The fraction of sp³-hybridized carbons (Fsp3) is 0.417. The highest BCUT2D eigenvalue weighted by atomic mass is 16.5. The van der Waals surface area contributed by atoms with Crippen molar-refractivity contribution in [3.8, 4) is 40.1 Å². The number of rotatable bonds is 16. The molecule has 4 aromatic rings. The average molecular weight is 917 g/mol. The van der Waals surface area contributed by atoms with Crippen LogP contribution in [0.3, 0.4) is 0 Å². The monoisotopic (exact) mass is 916 g/mol. The number of nitriles is 1. The van der Waals surface area contributed by atoms with Gasteiger partial charge in [-0.2, -0.15) is 5.26 Å². The van der Waals surface area contributed by atoms with Crippen molar-refractivity contribution in [1.82, 2.24) is 36.1 Å². The number of benzene rings is 3. The summed E-state index contributed by atoms with van der Waals surface area (Å²) in [6.45, 7) is 7.26. The predicted octanol–water partition coefficient (Wildman–Crippen LogP) is 1.53. The Morgan fingerprint density at radius 2 is 1.51 bits per heavy atom. The van der Waals surface area contributed by atoms with Gasteiger partial charge in [0.2, 0.25) is 23.6 Å². The van der Waals surface area contributed by atoms with E-state index in [0.29, 0.717) is 51.0 Å². The Morgan fingerprint density at radius 1 is 0.881 bits per heavy atom. The highest BCUT2D eigenvalue weighted by Crippen LogP contribution is 2.40. The molecule has 10 N–H and O–H groups in total.